The van der Waals surface area contributed by atoms with Gasteiger partial charge in [0.25, 0.3) is 6.01 Å². The van der Waals surface area contributed by atoms with Gasteiger partial charge in [-0.15, -0.1) is 0 Å². The van der Waals surface area contributed by atoms with Gasteiger partial charge in [0.15, 0.2) is 5.58 Å². The molecule has 1 heterocycles. The van der Waals surface area contributed by atoms with Crippen LogP contribution in [0.15, 0.2) is 22.6 Å². The van der Waals surface area contributed by atoms with Crippen LogP contribution in [0.3, 0.4) is 0 Å². The Morgan fingerprint density at radius 1 is 1.44 bits per heavy atom. The van der Waals surface area contributed by atoms with Gasteiger partial charge in [0.05, 0.1) is 0 Å². The Morgan fingerprint density at radius 3 is 2.81 bits per heavy atom. The molecule has 0 amide bonds. The maximum atomic E-state index is 5.65. The molecule has 4 nitrogen and oxygen atoms in total. The van der Waals surface area contributed by atoms with Crippen LogP contribution in [0.2, 0.25) is 0 Å². The quantitative estimate of drug-likeness (QED) is 0.857. The number of aromatic nitrogens is 1. The van der Waals surface area contributed by atoms with Crippen molar-refractivity contribution < 1.29 is 4.42 Å². The Morgan fingerprint density at radius 2 is 2.19 bits per heavy atom. The summed E-state index contributed by atoms with van der Waals surface area (Å²) < 4.78 is 5.58. The van der Waals surface area contributed by atoms with Gasteiger partial charge in [-0.1, -0.05) is 13.0 Å². The fourth-order valence-electron chi connectivity index (χ4n) is 1.57. The Hall–Kier alpha value is -1.55. The lowest BCUT2D eigenvalue weighted by Crippen LogP contribution is -2.08. The Balaban J connectivity index is 2.45. The van der Waals surface area contributed by atoms with Crippen LogP contribution in [0.4, 0.5) is 6.01 Å². The SMILES string of the molecule is CC(CN)c1ccc2oc(N(C)C)nc2c1. The third-order valence-electron chi connectivity index (χ3n) is 2.71. The van der Waals surface area contributed by atoms with E-state index in [1.54, 1.807) is 0 Å². The second-order valence-corrected chi connectivity index (χ2v) is 4.25. The maximum Gasteiger partial charge on any atom is 0.297 e. The first-order chi connectivity index (χ1) is 7.61. The van der Waals surface area contributed by atoms with Crippen LogP contribution in [0.25, 0.3) is 11.1 Å². The van der Waals surface area contributed by atoms with Gasteiger partial charge in [-0.2, -0.15) is 4.98 Å². The highest BCUT2D eigenvalue weighted by molar-refractivity contribution is 5.75. The van der Waals surface area contributed by atoms with Crippen LogP contribution in [0.1, 0.15) is 18.4 Å². The molecule has 2 aromatic rings. The van der Waals surface area contributed by atoms with Gasteiger partial charge >= 0.3 is 0 Å². The van der Waals surface area contributed by atoms with Gasteiger partial charge in [-0.25, -0.2) is 0 Å². The molecule has 1 unspecified atom stereocenters. The standard InChI is InChI=1S/C12H17N3O/c1-8(7-13)9-4-5-11-10(6-9)14-12(16-11)15(2)3/h4-6,8H,7,13H2,1-3H3. The zero-order chi connectivity index (χ0) is 11.7. The molecule has 0 fully saturated rings. The van der Waals surface area contributed by atoms with Crippen molar-refractivity contribution in [2.45, 2.75) is 12.8 Å². The Kier molecular flexibility index (Phi) is 2.83. The highest BCUT2D eigenvalue weighted by Crippen LogP contribution is 2.24. The molecule has 0 bridgehead atoms. The molecule has 0 saturated heterocycles. The molecule has 0 aliphatic heterocycles. The lowest BCUT2D eigenvalue weighted by atomic mass is 10.0. The minimum Gasteiger partial charge on any atom is -0.423 e. The van der Waals surface area contributed by atoms with E-state index in [1.807, 2.05) is 37.2 Å². The minimum atomic E-state index is 0.351. The van der Waals surface area contributed by atoms with E-state index in [1.165, 1.54) is 5.56 Å². The monoisotopic (exact) mass is 219 g/mol. The van der Waals surface area contributed by atoms with E-state index < -0.39 is 0 Å². The molecule has 0 aliphatic carbocycles. The number of nitrogens with two attached hydrogens (primary N) is 1. The molecule has 0 aliphatic rings. The molecule has 16 heavy (non-hydrogen) atoms. The van der Waals surface area contributed by atoms with Crippen molar-refractivity contribution >= 4 is 17.1 Å². The molecule has 4 heteroatoms. The first-order valence-corrected chi connectivity index (χ1v) is 5.39. The average Bonchev–Trinajstić information content (AvgIpc) is 2.70. The predicted octanol–water partition coefficient (Wildman–Crippen LogP) is 1.96. The fraction of sp³-hybridized carbons (Fsp3) is 0.417. The van der Waals surface area contributed by atoms with E-state index in [-0.39, 0.29) is 0 Å². The van der Waals surface area contributed by atoms with E-state index in [4.69, 9.17) is 10.2 Å². The van der Waals surface area contributed by atoms with E-state index >= 15 is 0 Å². The van der Waals surface area contributed by atoms with Crippen molar-refractivity contribution in [1.82, 2.24) is 4.98 Å². The summed E-state index contributed by atoms with van der Waals surface area (Å²) in [7, 11) is 3.82. The molecule has 86 valence electrons. The summed E-state index contributed by atoms with van der Waals surface area (Å²) >= 11 is 0. The van der Waals surface area contributed by atoms with E-state index in [0.29, 0.717) is 18.5 Å². The van der Waals surface area contributed by atoms with Gasteiger partial charge in [-0.05, 0) is 30.2 Å². The van der Waals surface area contributed by atoms with Gasteiger partial charge in [-0.3, -0.25) is 0 Å². The van der Waals surface area contributed by atoms with Crippen LogP contribution in [-0.2, 0) is 0 Å². The number of fused-ring (bicyclic) bond motifs is 1. The Labute approximate surface area is 95.1 Å². The van der Waals surface area contributed by atoms with Crippen molar-refractivity contribution in [3.8, 4) is 0 Å². The van der Waals surface area contributed by atoms with Crippen LogP contribution in [0.5, 0.6) is 0 Å². The highest BCUT2D eigenvalue weighted by Gasteiger charge is 2.10. The third-order valence-corrected chi connectivity index (χ3v) is 2.71. The number of anilines is 1. The zero-order valence-corrected chi connectivity index (χ0v) is 9.90. The topological polar surface area (TPSA) is 55.3 Å². The number of rotatable bonds is 3. The molecular formula is C12H17N3O. The van der Waals surface area contributed by atoms with E-state index in [2.05, 4.69) is 11.9 Å². The summed E-state index contributed by atoms with van der Waals surface area (Å²) in [6, 6.07) is 6.68. The number of oxazole rings is 1. The molecule has 2 N–H and O–H groups in total. The van der Waals surface area contributed by atoms with Gasteiger partial charge < -0.3 is 15.1 Å². The average molecular weight is 219 g/mol. The zero-order valence-electron chi connectivity index (χ0n) is 9.90. The van der Waals surface area contributed by atoms with Crippen LogP contribution >= 0.6 is 0 Å². The third kappa shape index (κ3) is 1.88. The summed E-state index contributed by atoms with van der Waals surface area (Å²) in [6.45, 7) is 2.75. The Bertz CT molecular complexity index is 490. The summed E-state index contributed by atoms with van der Waals surface area (Å²) in [5, 5.41) is 0. The van der Waals surface area contributed by atoms with Crippen LogP contribution in [-0.4, -0.2) is 25.6 Å². The maximum absolute atomic E-state index is 5.65. The molecule has 0 spiro atoms. The number of benzene rings is 1. The molecule has 1 aromatic carbocycles. The highest BCUT2D eigenvalue weighted by atomic mass is 16.4. The molecule has 0 radical (unpaired) electrons. The lowest BCUT2D eigenvalue weighted by Gasteiger charge is -2.07. The minimum absolute atomic E-state index is 0.351. The number of nitrogens with zero attached hydrogens (tertiary/aromatic N) is 2. The summed E-state index contributed by atoms with van der Waals surface area (Å²) in [4.78, 5) is 6.26. The normalized spacial score (nSPS) is 13.0. The van der Waals surface area contributed by atoms with Crippen molar-refractivity contribution in [2.75, 3.05) is 25.5 Å². The van der Waals surface area contributed by atoms with Crippen molar-refractivity contribution in [1.29, 1.82) is 0 Å². The first kappa shape index (κ1) is 11.0. The largest absolute Gasteiger partial charge is 0.423 e. The number of hydrogen-bond acceptors (Lipinski definition) is 4. The smallest absolute Gasteiger partial charge is 0.297 e. The van der Waals surface area contributed by atoms with Crippen molar-refractivity contribution in [3.05, 3.63) is 23.8 Å². The van der Waals surface area contributed by atoms with Gasteiger partial charge in [0.2, 0.25) is 0 Å². The number of hydrogen-bond donors (Lipinski definition) is 1. The fourth-order valence-corrected chi connectivity index (χ4v) is 1.57. The van der Waals surface area contributed by atoms with Crippen molar-refractivity contribution in [2.24, 2.45) is 5.73 Å². The second kappa shape index (κ2) is 4.14. The second-order valence-electron chi connectivity index (χ2n) is 4.25. The molecule has 1 atom stereocenters. The lowest BCUT2D eigenvalue weighted by molar-refractivity contribution is 0.596. The van der Waals surface area contributed by atoms with Crippen molar-refractivity contribution in [3.63, 3.8) is 0 Å². The van der Waals surface area contributed by atoms with E-state index in [0.717, 1.165) is 11.1 Å². The summed E-state index contributed by atoms with van der Waals surface area (Å²) in [6.07, 6.45) is 0. The molecule has 1 aromatic heterocycles. The van der Waals surface area contributed by atoms with Crippen LogP contribution < -0.4 is 10.6 Å². The first-order valence-electron chi connectivity index (χ1n) is 5.39. The molecular weight excluding hydrogens is 202 g/mol. The van der Waals surface area contributed by atoms with Crippen LogP contribution in [0, 0.1) is 0 Å². The molecule has 0 saturated carbocycles. The van der Waals surface area contributed by atoms with Gasteiger partial charge in [0, 0.05) is 14.1 Å². The predicted molar refractivity (Wildman–Crippen MR) is 65.8 cm³/mol. The molecule has 2 rings (SSSR count). The van der Waals surface area contributed by atoms with E-state index in [9.17, 15) is 0 Å². The van der Waals surface area contributed by atoms with Gasteiger partial charge in [0.1, 0.15) is 5.52 Å². The summed E-state index contributed by atoms with van der Waals surface area (Å²) in [5.74, 6) is 0.351. The summed E-state index contributed by atoms with van der Waals surface area (Å²) in [5.41, 5.74) is 8.56.